The first kappa shape index (κ1) is 30.8. The molecule has 6 rings (SSSR count). The molecule has 3 N–H and O–H groups in total. The molecule has 46 heavy (non-hydrogen) atoms. The highest BCUT2D eigenvalue weighted by Crippen LogP contribution is 2.41. The molecule has 2 aromatic carbocycles. The third-order valence-corrected chi connectivity index (χ3v) is 8.28. The summed E-state index contributed by atoms with van der Waals surface area (Å²) in [6.45, 7) is 5.06. The van der Waals surface area contributed by atoms with E-state index in [1.165, 1.54) is 17.4 Å². The molecule has 1 amide bonds. The van der Waals surface area contributed by atoms with Crippen LogP contribution in [0.2, 0.25) is 0 Å². The van der Waals surface area contributed by atoms with E-state index in [0.717, 1.165) is 34.5 Å². The van der Waals surface area contributed by atoms with Gasteiger partial charge in [-0.25, -0.2) is 18.9 Å². The Morgan fingerprint density at radius 3 is 2.78 bits per heavy atom. The average Bonchev–Trinajstić information content (AvgIpc) is 3.70. The molecule has 0 spiro atoms. The number of carboxylic acid groups (broad SMARTS) is 1. The van der Waals surface area contributed by atoms with Crippen LogP contribution in [0.25, 0.3) is 11.3 Å². The fourth-order valence-corrected chi connectivity index (χ4v) is 5.82. The van der Waals surface area contributed by atoms with Crippen LogP contribution in [0.15, 0.2) is 66.4 Å². The number of halogens is 1. The molecule has 0 aliphatic carbocycles. The van der Waals surface area contributed by atoms with Crippen molar-refractivity contribution in [1.29, 1.82) is 0 Å². The van der Waals surface area contributed by atoms with Crippen molar-refractivity contribution in [3.8, 4) is 28.5 Å². The number of ether oxygens (including phenoxy) is 2. The quantitative estimate of drug-likeness (QED) is 0.175. The molecular weight excluding hydrogens is 613 g/mol. The Morgan fingerprint density at radius 1 is 1.17 bits per heavy atom. The van der Waals surface area contributed by atoms with Gasteiger partial charge in [-0.1, -0.05) is 5.21 Å². The second-order valence-electron chi connectivity index (χ2n) is 11.0. The summed E-state index contributed by atoms with van der Waals surface area (Å²) in [6.07, 6.45) is 5.96. The van der Waals surface area contributed by atoms with Crippen LogP contribution in [-0.2, 0) is 23.3 Å². The molecular formula is C32H30FN7O5S. The molecule has 1 atom stereocenters. The Balaban J connectivity index is 1.26. The largest absolute Gasteiger partial charge is 0.488 e. The normalized spacial score (nSPS) is 15.6. The Bertz CT molecular complexity index is 1880. The number of fused-ring (bicyclic) bond motifs is 1. The van der Waals surface area contributed by atoms with Crippen molar-refractivity contribution in [2.45, 2.75) is 38.8 Å². The van der Waals surface area contributed by atoms with Gasteiger partial charge in [-0.2, -0.15) is 0 Å². The van der Waals surface area contributed by atoms with Gasteiger partial charge in [-0.15, -0.1) is 16.4 Å². The molecule has 0 saturated carbocycles. The number of carbonyl (C=O) groups is 2. The number of aromatic nitrogens is 5. The van der Waals surface area contributed by atoms with Crippen molar-refractivity contribution in [3.63, 3.8) is 0 Å². The first-order valence-corrected chi connectivity index (χ1v) is 15.3. The van der Waals surface area contributed by atoms with Crippen molar-refractivity contribution in [3.05, 3.63) is 94.6 Å². The molecule has 4 heterocycles. The molecule has 14 heteroatoms. The molecule has 3 aromatic heterocycles. The minimum Gasteiger partial charge on any atom is -0.488 e. The van der Waals surface area contributed by atoms with Gasteiger partial charge in [0.25, 0.3) is 0 Å². The number of rotatable bonds is 11. The third kappa shape index (κ3) is 6.87. The number of hydrogen-bond acceptors (Lipinski definition) is 10. The number of nitrogens with zero attached hydrogens (tertiary/aromatic N) is 5. The van der Waals surface area contributed by atoms with Gasteiger partial charge in [0.1, 0.15) is 23.9 Å². The summed E-state index contributed by atoms with van der Waals surface area (Å²) in [5.74, 6) is -1.74. The van der Waals surface area contributed by atoms with Crippen LogP contribution in [0, 0.1) is 12.7 Å². The van der Waals surface area contributed by atoms with Gasteiger partial charge in [0.05, 0.1) is 18.3 Å². The zero-order valence-electron chi connectivity index (χ0n) is 25.0. The number of nitrogens with one attached hydrogen (secondary N) is 2. The van der Waals surface area contributed by atoms with Gasteiger partial charge in [0.2, 0.25) is 5.91 Å². The van der Waals surface area contributed by atoms with Crippen LogP contribution >= 0.6 is 11.3 Å². The number of carboxylic acids is 1. The number of aryl methyl sites for hydroxylation is 1. The van der Waals surface area contributed by atoms with Crippen LogP contribution in [0.4, 0.5) is 9.52 Å². The minimum atomic E-state index is -1.38. The Kier molecular flexibility index (Phi) is 8.72. The molecule has 0 unspecified atom stereocenters. The van der Waals surface area contributed by atoms with Gasteiger partial charge in [0, 0.05) is 53.6 Å². The summed E-state index contributed by atoms with van der Waals surface area (Å²) < 4.78 is 28.5. The summed E-state index contributed by atoms with van der Waals surface area (Å²) in [7, 11) is 0. The highest BCUT2D eigenvalue weighted by Gasteiger charge is 2.35. The van der Waals surface area contributed by atoms with E-state index in [2.05, 4.69) is 30.9 Å². The maximum atomic E-state index is 14.6. The average molecular weight is 644 g/mol. The fraction of sp³-hybridized carbons (Fsp3) is 0.250. The number of pyridine rings is 1. The minimum absolute atomic E-state index is 0.0897. The first-order chi connectivity index (χ1) is 22.2. The summed E-state index contributed by atoms with van der Waals surface area (Å²) >= 11 is 1.33. The van der Waals surface area contributed by atoms with Gasteiger partial charge in [-0.3, -0.25) is 9.78 Å². The highest BCUT2D eigenvalue weighted by molar-refractivity contribution is 7.13. The van der Waals surface area contributed by atoms with Crippen molar-refractivity contribution in [1.82, 2.24) is 30.3 Å². The maximum absolute atomic E-state index is 14.6. The monoisotopic (exact) mass is 643 g/mol. The van der Waals surface area contributed by atoms with E-state index < -0.39 is 22.9 Å². The van der Waals surface area contributed by atoms with Gasteiger partial charge < -0.3 is 25.2 Å². The van der Waals surface area contributed by atoms with E-state index in [9.17, 15) is 19.1 Å². The number of amides is 1. The molecule has 0 saturated heterocycles. The van der Waals surface area contributed by atoms with Crippen LogP contribution < -0.4 is 20.1 Å². The summed E-state index contributed by atoms with van der Waals surface area (Å²) in [5, 5.41) is 26.3. The van der Waals surface area contributed by atoms with E-state index in [4.69, 9.17) is 9.47 Å². The third-order valence-electron chi connectivity index (χ3n) is 7.59. The Hall–Kier alpha value is -5.21. The predicted octanol–water partition coefficient (Wildman–Crippen LogP) is 5.20. The smallest absolute Gasteiger partial charge is 0.338 e. The van der Waals surface area contributed by atoms with E-state index in [0.29, 0.717) is 36.1 Å². The summed E-state index contributed by atoms with van der Waals surface area (Å²) in [6, 6.07) is 11.0. The fourth-order valence-electron chi connectivity index (χ4n) is 5.28. The molecule has 1 aliphatic heterocycles. The molecule has 12 nitrogen and oxygen atoms in total. The van der Waals surface area contributed by atoms with E-state index in [1.807, 2.05) is 32.0 Å². The van der Waals surface area contributed by atoms with Crippen LogP contribution in [-0.4, -0.2) is 55.1 Å². The Labute approximate surface area is 267 Å². The number of anilines is 1. The molecule has 0 radical (unpaired) electrons. The predicted molar refractivity (Wildman–Crippen MR) is 168 cm³/mol. The zero-order valence-corrected chi connectivity index (χ0v) is 25.8. The van der Waals surface area contributed by atoms with Crippen molar-refractivity contribution >= 4 is 28.3 Å². The van der Waals surface area contributed by atoms with Crippen molar-refractivity contribution in [2.24, 2.45) is 0 Å². The lowest BCUT2D eigenvalue weighted by molar-refractivity contribution is -0.117. The van der Waals surface area contributed by atoms with Gasteiger partial charge >= 0.3 is 5.97 Å². The van der Waals surface area contributed by atoms with Crippen LogP contribution in [0.3, 0.4) is 0 Å². The number of carbonyl (C=O) groups excluding carboxylic acids is 1. The van der Waals surface area contributed by atoms with E-state index >= 15 is 0 Å². The maximum Gasteiger partial charge on any atom is 0.338 e. The van der Waals surface area contributed by atoms with E-state index in [-0.39, 0.29) is 30.4 Å². The number of aromatic carboxylic acids is 1. The standard InChI is InChI=1S/C32H30FN7O5S/c1-19-3-4-21(17-35-19)26-18-40(39-38-26)10-11-44-27-13-20-7-8-36-32(2,16-29(41)37-31-34-9-12-46-31)24(20)15-28(27)45-22-5-6-23(30(42)43)25(33)14-22/h3-6,9,12-15,17-18,36H,7-8,10-11,16H2,1-2H3,(H,42,43)(H,34,37,41)/t32-/m1/s1. The SMILES string of the molecule is Cc1ccc(-c2cn(CCOc3cc4c(cc3Oc3ccc(C(=O)O)c(F)c3)[C@@](C)(CC(=O)Nc3nccs3)NCC4)nn2)cn1. The van der Waals surface area contributed by atoms with E-state index in [1.54, 1.807) is 34.7 Å². The molecule has 236 valence electrons. The first-order valence-electron chi connectivity index (χ1n) is 14.5. The second-order valence-corrected chi connectivity index (χ2v) is 11.9. The molecule has 0 fully saturated rings. The van der Waals surface area contributed by atoms with Crippen molar-refractivity contribution in [2.75, 3.05) is 18.5 Å². The molecule has 0 bridgehead atoms. The summed E-state index contributed by atoms with van der Waals surface area (Å²) in [4.78, 5) is 32.8. The van der Waals surface area contributed by atoms with Crippen LogP contribution in [0.1, 0.15) is 40.5 Å². The number of benzene rings is 2. The number of hydrogen-bond donors (Lipinski definition) is 3. The van der Waals surface area contributed by atoms with Gasteiger partial charge in [-0.05, 0) is 67.8 Å². The lowest BCUT2D eigenvalue weighted by Crippen LogP contribution is -2.47. The lowest BCUT2D eigenvalue weighted by Gasteiger charge is -2.37. The second kappa shape index (κ2) is 13.0. The van der Waals surface area contributed by atoms with Gasteiger partial charge in [0.15, 0.2) is 16.6 Å². The lowest BCUT2D eigenvalue weighted by atomic mass is 9.81. The molecule has 5 aromatic rings. The highest BCUT2D eigenvalue weighted by atomic mass is 32.1. The topological polar surface area (TPSA) is 153 Å². The molecule has 1 aliphatic rings. The number of thiazole rings is 1. The zero-order chi connectivity index (χ0) is 32.3. The Morgan fingerprint density at radius 2 is 2.04 bits per heavy atom. The van der Waals surface area contributed by atoms with Crippen LogP contribution in [0.5, 0.6) is 17.2 Å². The summed E-state index contributed by atoms with van der Waals surface area (Å²) in [5.41, 5.74) is 3.00. The van der Waals surface area contributed by atoms with Crippen molar-refractivity contribution < 1.29 is 28.6 Å².